The predicted molar refractivity (Wildman–Crippen MR) is 103 cm³/mol. The summed E-state index contributed by atoms with van der Waals surface area (Å²) < 4.78 is 14.3. The topological polar surface area (TPSA) is 97.1 Å². The van der Waals surface area contributed by atoms with Gasteiger partial charge in [0.05, 0.1) is 17.4 Å². The van der Waals surface area contributed by atoms with Gasteiger partial charge in [-0.3, -0.25) is 14.6 Å². The fourth-order valence-corrected chi connectivity index (χ4v) is 3.49. The van der Waals surface area contributed by atoms with Gasteiger partial charge in [0.1, 0.15) is 5.82 Å². The molecule has 2 aromatic rings. The molecule has 1 aromatic heterocycles. The first-order valence-corrected chi connectivity index (χ1v) is 8.66. The lowest BCUT2D eigenvalue weighted by Crippen LogP contribution is -2.28. The maximum atomic E-state index is 14.3. The minimum atomic E-state index is -0.670. The van der Waals surface area contributed by atoms with E-state index in [4.69, 9.17) is 5.73 Å². The normalized spacial score (nSPS) is 17.9. The van der Waals surface area contributed by atoms with Crippen molar-refractivity contribution in [2.45, 2.75) is 38.1 Å². The maximum Gasteiger partial charge on any atom is 0.258 e. The Morgan fingerprint density at radius 1 is 1.22 bits per heavy atom. The minimum Gasteiger partial charge on any atom is -0.327 e. The number of fused-ring (bicyclic) bond motifs is 2. The van der Waals surface area contributed by atoms with E-state index in [0.29, 0.717) is 24.2 Å². The Kier molecular flexibility index (Phi) is 5.43. The summed E-state index contributed by atoms with van der Waals surface area (Å²) in [7, 11) is 0. The quantitative estimate of drug-likeness (QED) is 0.734. The average Bonchev–Trinajstić information content (AvgIpc) is 2.60. The highest BCUT2D eigenvalue weighted by molar-refractivity contribution is 6.05. The Morgan fingerprint density at radius 2 is 2.04 bits per heavy atom. The number of rotatable bonds is 2. The van der Waals surface area contributed by atoms with Gasteiger partial charge < -0.3 is 16.4 Å². The highest BCUT2D eigenvalue weighted by atomic mass is 35.5. The van der Waals surface area contributed by atoms with Crippen LogP contribution in [0.5, 0.6) is 0 Å². The number of halogens is 2. The molecular formula is C19H20ClFN4O2. The van der Waals surface area contributed by atoms with E-state index in [1.807, 2.05) is 6.07 Å². The number of nitrogens with zero attached hydrogens (tertiary/aromatic N) is 1. The molecule has 1 atom stereocenters. The number of benzene rings is 1. The summed E-state index contributed by atoms with van der Waals surface area (Å²) in [5.74, 6) is -1.35. The molecule has 1 unspecified atom stereocenters. The van der Waals surface area contributed by atoms with Crippen LogP contribution < -0.4 is 16.4 Å². The Labute approximate surface area is 162 Å². The second-order valence-electron chi connectivity index (χ2n) is 6.82. The van der Waals surface area contributed by atoms with Gasteiger partial charge in [-0.15, -0.1) is 12.4 Å². The highest BCUT2D eigenvalue weighted by Gasteiger charge is 2.22. The van der Waals surface area contributed by atoms with Crippen LogP contribution in [0.25, 0.3) is 0 Å². The van der Waals surface area contributed by atoms with E-state index < -0.39 is 11.7 Å². The van der Waals surface area contributed by atoms with Gasteiger partial charge in [-0.1, -0.05) is 0 Å². The number of nitrogens with two attached hydrogens (primary N) is 1. The molecule has 0 bridgehead atoms. The van der Waals surface area contributed by atoms with E-state index in [1.165, 1.54) is 12.1 Å². The molecule has 6 nitrogen and oxygen atoms in total. The van der Waals surface area contributed by atoms with Gasteiger partial charge >= 0.3 is 0 Å². The molecule has 8 heteroatoms. The van der Waals surface area contributed by atoms with Crippen LogP contribution in [0.2, 0.25) is 0 Å². The Bertz CT molecular complexity index is 919. The average molecular weight is 391 g/mol. The van der Waals surface area contributed by atoms with Crippen molar-refractivity contribution in [2.75, 3.05) is 10.6 Å². The summed E-state index contributed by atoms with van der Waals surface area (Å²) in [6, 6.07) is 4.66. The van der Waals surface area contributed by atoms with Crippen molar-refractivity contribution in [1.29, 1.82) is 0 Å². The zero-order chi connectivity index (χ0) is 18.3. The van der Waals surface area contributed by atoms with Crippen LogP contribution in [-0.2, 0) is 24.1 Å². The largest absolute Gasteiger partial charge is 0.327 e. The summed E-state index contributed by atoms with van der Waals surface area (Å²) >= 11 is 0. The van der Waals surface area contributed by atoms with Crippen molar-refractivity contribution in [3.63, 3.8) is 0 Å². The van der Waals surface area contributed by atoms with Gasteiger partial charge in [0.2, 0.25) is 5.91 Å². The van der Waals surface area contributed by atoms with Gasteiger partial charge in [0, 0.05) is 23.8 Å². The number of amides is 2. The monoisotopic (exact) mass is 390 g/mol. The molecule has 4 rings (SSSR count). The smallest absolute Gasteiger partial charge is 0.258 e. The van der Waals surface area contributed by atoms with Gasteiger partial charge in [-0.25, -0.2) is 4.39 Å². The molecular weight excluding hydrogens is 371 g/mol. The minimum absolute atomic E-state index is 0. The zero-order valence-electron chi connectivity index (χ0n) is 14.5. The van der Waals surface area contributed by atoms with E-state index >= 15 is 0 Å². The predicted octanol–water partition coefficient (Wildman–Crippen LogP) is 2.60. The van der Waals surface area contributed by atoms with E-state index in [1.54, 1.807) is 6.20 Å². The molecule has 0 radical (unpaired) electrons. The molecule has 0 fully saturated rings. The van der Waals surface area contributed by atoms with Crippen LogP contribution in [0, 0.1) is 5.82 Å². The number of carbonyl (C=O) groups excluding carboxylic acids is 2. The maximum absolute atomic E-state index is 14.3. The van der Waals surface area contributed by atoms with Crippen molar-refractivity contribution in [3.05, 3.63) is 52.6 Å². The van der Waals surface area contributed by atoms with Crippen molar-refractivity contribution in [2.24, 2.45) is 5.73 Å². The number of aromatic nitrogens is 1. The van der Waals surface area contributed by atoms with E-state index in [9.17, 15) is 14.0 Å². The van der Waals surface area contributed by atoms with Crippen molar-refractivity contribution >= 4 is 35.6 Å². The molecule has 0 saturated carbocycles. The van der Waals surface area contributed by atoms with E-state index in [2.05, 4.69) is 15.6 Å². The zero-order valence-corrected chi connectivity index (χ0v) is 15.4. The number of anilines is 2. The van der Waals surface area contributed by atoms with E-state index in [-0.39, 0.29) is 29.9 Å². The lowest BCUT2D eigenvalue weighted by molar-refractivity contribution is -0.116. The van der Waals surface area contributed by atoms with Crippen LogP contribution >= 0.6 is 12.4 Å². The summed E-state index contributed by atoms with van der Waals surface area (Å²) in [6.07, 6.45) is 4.86. The number of nitrogens with one attached hydrogen (secondary N) is 2. The third-order valence-electron chi connectivity index (χ3n) is 4.88. The third-order valence-corrected chi connectivity index (χ3v) is 4.88. The number of carbonyl (C=O) groups is 2. The van der Waals surface area contributed by atoms with Crippen LogP contribution in [0.4, 0.5) is 15.8 Å². The molecule has 0 spiro atoms. The standard InChI is InChI=1S/C19H19FN4O2.ClH/c20-15-8-17-10(1-4-18(25)24-17)7-14(15)19(26)23-13-6-11-5-12(21)2-3-16(11)22-9-13;/h6-9,12H,1-5,21H2,(H,23,26)(H,24,25);1H. The molecule has 4 N–H and O–H groups in total. The van der Waals surface area contributed by atoms with Crippen molar-refractivity contribution in [3.8, 4) is 0 Å². The molecule has 2 amide bonds. The molecule has 142 valence electrons. The molecule has 27 heavy (non-hydrogen) atoms. The first kappa shape index (κ1) is 19.3. The summed E-state index contributed by atoms with van der Waals surface area (Å²) in [5.41, 5.74) is 9.68. The highest BCUT2D eigenvalue weighted by Crippen LogP contribution is 2.27. The van der Waals surface area contributed by atoms with Gasteiger partial charge in [-0.2, -0.15) is 0 Å². The lowest BCUT2D eigenvalue weighted by atomic mass is 9.92. The van der Waals surface area contributed by atoms with Crippen LogP contribution in [0.3, 0.4) is 0 Å². The molecule has 2 aliphatic rings. The Balaban J connectivity index is 0.00000210. The molecule has 0 saturated heterocycles. The lowest BCUT2D eigenvalue weighted by Gasteiger charge is -2.21. The number of hydrogen-bond donors (Lipinski definition) is 3. The molecule has 1 aromatic carbocycles. The van der Waals surface area contributed by atoms with Gasteiger partial charge in [-0.05, 0) is 55.0 Å². The number of hydrogen-bond acceptors (Lipinski definition) is 4. The molecule has 2 heterocycles. The first-order chi connectivity index (χ1) is 12.5. The summed E-state index contributed by atoms with van der Waals surface area (Å²) in [6.45, 7) is 0. The fraction of sp³-hybridized carbons (Fsp3) is 0.316. The van der Waals surface area contributed by atoms with Crippen molar-refractivity contribution in [1.82, 2.24) is 4.98 Å². The molecule has 1 aliphatic carbocycles. The van der Waals surface area contributed by atoms with Gasteiger partial charge in [0.15, 0.2) is 0 Å². The first-order valence-electron chi connectivity index (χ1n) is 8.66. The Morgan fingerprint density at radius 3 is 2.85 bits per heavy atom. The van der Waals surface area contributed by atoms with E-state index in [0.717, 1.165) is 36.1 Å². The van der Waals surface area contributed by atoms with Crippen LogP contribution in [0.15, 0.2) is 24.4 Å². The number of pyridine rings is 1. The second kappa shape index (κ2) is 7.62. The second-order valence-corrected chi connectivity index (χ2v) is 6.82. The van der Waals surface area contributed by atoms with Gasteiger partial charge in [0.25, 0.3) is 5.91 Å². The Hall–Kier alpha value is -2.51. The summed E-state index contributed by atoms with van der Waals surface area (Å²) in [5, 5.41) is 5.33. The summed E-state index contributed by atoms with van der Waals surface area (Å²) in [4.78, 5) is 28.3. The van der Waals surface area contributed by atoms with Crippen LogP contribution in [0.1, 0.15) is 40.0 Å². The fourth-order valence-electron chi connectivity index (χ4n) is 3.49. The third kappa shape index (κ3) is 3.94. The number of aryl methyl sites for hydroxylation is 2. The SMILES string of the molecule is Cl.NC1CCc2ncc(NC(=O)c3cc4c(cc3F)NC(=O)CC4)cc2C1. The van der Waals surface area contributed by atoms with Crippen LogP contribution in [-0.4, -0.2) is 22.8 Å². The molecule has 1 aliphatic heterocycles. The van der Waals surface area contributed by atoms with Crippen molar-refractivity contribution < 1.29 is 14.0 Å².